The van der Waals surface area contributed by atoms with Crippen molar-refractivity contribution in [3.63, 3.8) is 0 Å². The quantitative estimate of drug-likeness (QED) is 0.401. The van der Waals surface area contributed by atoms with Crippen molar-refractivity contribution < 1.29 is 23.8 Å². The molecule has 0 radical (unpaired) electrons. The molecule has 2 saturated heterocycles. The van der Waals surface area contributed by atoms with Crippen molar-refractivity contribution in [1.82, 2.24) is 9.80 Å². The van der Waals surface area contributed by atoms with Gasteiger partial charge < -0.3 is 14.7 Å². The van der Waals surface area contributed by atoms with Crippen molar-refractivity contribution in [1.29, 1.82) is 0 Å². The van der Waals surface area contributed by atoms with Crippen molar-refractivity contribution in [2.75, 3.05) is 39.4 Å². The highest BCUT2D eigenvalue weighted by Gasteiger charge is 2.46. The third-order valence-corrected chi connectivity index (χ3v) is 6.42. The van der Waals surface area contributed by atoms with Crippen LogP contribution in [-0.2, 0) is 14.3 Å². The molecule has 0 bridgehead atoms. The van der Waals surface area contributed by atoms with Gasteiger partial charge in [0.15, 0.2) is 0 Å². The molecule has 9 heteroatoms. The molecule has 2 aromatic rings. The average Bonchev–Trinajstić information content (AvgIpc) is 3.05. The Balaban J connectivity index is 1.75. The van der Waals surface area contributed by atoms with E-state index in [0.29, 0.717) is 30.3 Å². The number of hydrogen-bond acceptors (Lipinski definition) is 5. The first-order valence-corrected chi connectivity index (χ1v) is 10.9. The topological polar surface area (TPSA) is 70.1 Å². The van der Waals surface area contributed by atoms with Gasteiger partial charge in [0.25, 0.3) is 11.7 Å². The van der Waals surface area contributed by atoms with E-state index in [1.165, 1.54) is 29.2 Å². The lowest BCUT2D eigenvalue weighted by Crippen LogP contribution is -2.42. The lowest BCUT2D eigenvalue weighted by molar-refractivity contribution is -0.140. The highest BCUT2D eigenvalue weighted by Crippen LogP contribution is 2.40. The van der Waals surface area contributed by atoms with Crippen LogP contribution < -0.4 is 0 Å². The van der Waals surface area contributed by atoms with Gasteiger partial charge in [0.2, 0.25) is 0 Å². The van der Waals surface area contributed by atoms with E-state index in [9.17, 15) is 19.1 Å². The predicted molar refractivity (Wildman–Crippen MR) is 119 cm³/mol. The summed E-state index contributed by atoms with van der Waals surface area (Å²) in [6.45, 7) is 3.51. The molecular formula is C23H21Cl2FN2O4. The number of likely N-dealkylation sites (tertiary alicyclic amines) is 1. The Bertz CT molecular complexity index is 1070. The molecule has 1 atom stereocenters. The summed E-state index contributed by atoms with van der Waals surface area (Å²) in [7, 11) is 0. The molecule has 1 unspecified atom stereocenters. The van der Waals surface area contributed by atoms with E-state index < -0.39 is 23.5 Å². The molecule has 168 valence electrons. The molecule has 0 aromatic heterocycles. The molecule has 0 aliphatic carbocycles. The van der Waals surface area contributed by atoms with Crippen LogP contribution in [0.1, 0.15) is 17.2 Å². The fourth-order valence-electron chi connectivity index (χ4n) is 3.98. The second-order valence-corrected chi connectivity index (χ2v) is 8.44. The number of nitrogens with zero attached hydrogens (tertiary/aromatic N) is 2. The molecule has 0 saturated carbocycles. The average molecular weight is 479 g/mol. The van der Waals surface area contributed by atoms with Crippen LogP contribution in [0.2, 0.25) is 10.0 Å². The minimum absolute atomic E-state index is 0.0676. The van der Waals surface area contributed by atoms with Crippen LogP contribution in [0.4, 0.5) is 4.39 Å². The predicted octanol–water partition coefficient (Wildman–Crippen LogP) is 3.89. The number of aliphatic hydroxyl groups is 1. The first kappa shape index (κ1) is 22.7. The van der Waals surface area contributed by atoms with Crippen LogP contribution >= 0.6 is 23.2 Å². The zero-order chi connectivity index (χ0) is 22.8. The van der Waals surface area contributed by atoms with Crippen molar-refractivity contribution in [3.05, 3.63) is 75.0 Å². The zero-order valence-electron chi connectivity index (χ0n) is 17.1. The fourth-order valence-corrected chi connectivity index (χ4v) is 4.28. The number of ketones is 1. The summed E-state index contributed by atoms with van der Waals surface area (Å²) in [5.41, 5.74) is 0.717. The number of ether oxygens (including phenoxy) is 1. The lowest BCUT2D eigenvalue weighted by atomic mass is 9.95. The Hall–Kier alpha value is -2.45. The number of hydrogen-bond donors (Lipinski definition) is 1. The Kier molecular flexibility index (Phi) is 6.81. The number of halogens is 3. The maximum atomic E-state index is 13.4. The summed E-state index contributed by atoms with van der Waals surface area (Å²) in [6.07, 6.45) is 0. The first-order valence-electron chi connectivity index (χ1n) is 10.2. The molecule has 0 spiro atoms. The number of benzene rings is 2. The van der Waals surface area contributed by atoms with Gasteiger partial charge in [-0.25, -0.2) is 4.39 Å². The van der Waals surface area contributed by atoms with Crippen LogP contribution in [-0.4, -0.2) is 66.0 Å². The minimum Gasteiger partial charge on any atom is -0.507 e. The van der Waals surface area contributed by atoms with E-state index in [2.05, 4.69) is 4.90 Å². The van der Waals surface area contributed by atoms with Crippen LogP contribution in [0.3, 0.4) is 0 Å². The molecule has 2 heterocycles. The molecule has 6 nitrogen and oxygen atoms in total. The van der Waals surface area contributed by atoms with E-state index in [-0.39, 0.29) is 28.5 Å². The van der Waals surface area contributed by atoms with Gasteiger partial charge in [-0.05, 0) is 42.0 Å². The van der Waals surface area contributed by atoms with E-state index in [0.717, 1.165) is 13.1 Å². The maximum Gasteiger partial charge on any atom is 0.295 e. The highest BCUT2D eigenvalue weighted by atomic mass is 35.5. The monoisotopic (exact) mass is 478 g/mol. The van der Waals surface area contributed by atoms with Crippen molar-refractivity contribution in [2.24, 2.45) is 0 Å². The number of carbonyl (C=O) groups excluding carboxylic acids is 2. The van der Waals surface area contributed by atoms with Gasteiger partial charge in [-0.3, -0.25) is 14.5 Å². The number of carbonyl (C=O) groups is 2. The Morgan fingerprint density at radius 1 is 1.03 bits per heavy atom. The smallest absolute Gasteiger partial charge is 0.295 e. The molecule has 2 aromatic carbocycles. The summed E-state index contributed by atoms with van der Waals surface area (Å²) in [5, 5.41) is 11.6. The molecule has 2 aliphatic heterocycles. The number of aliphatic hydroxyl groups excluding tert-OH is 1. The van der Waals surface area contributed by atoms with Gasteiger partial charge in [-0.2, -0.15) is 0 Å². The summed E-state index contributed by atoms with van der Waals surface area (Å²) in [6, 6.07) is 9.06. The number of rotatable bonds is 5. The van der Waals surface area contributed by atoms with Gasteiger partial charge in [-0.1, -0.05) is 29.3 Å². The van der Waals surface area contributed by atoms with Crippen LogP contribution in [0.15, 0.2) is 48.0 Å². The number of Topliss-reactive ketones (excluding diaryl/α,β-unsaturated/α-hetero) is 1. The van der Waals surface area contributed by atoms with E-state index >= 15 is 0 Å². The molecule has 2 aliphatic rings. The lowest BCUT2D eigenvalue weighted by Gasteiger charge is -2.31. The number of amides is 1. The highest BCUT2D eigenvalue weighted by molar-refractivity contribution is 6.46. The molecular weight excluding hydrogens is 458 g/mol. The van der Waals surface area contributed by atoms with Gasteiger partial charge in [-0.15, -0.1) is 0 Å². The van der Waals surface area contributed by atoms with Crippen LogP contribution in [0, 0.1) is 5.82 Å². The van der Waals surface area contributed by atoms with E-state index in [1.54, 1.807) is 18.2 Å². The van der Waals surface area contributed by atoms with Crippen LogP contribution in [0.5, 0.6) is 0 Å². The van der Waals surface area contributed by atoms with Crippen molar-refractivity contribution in [2.45, 2.75) is 6.04 Å². The zero-order valence-corrected chi connectivity index (χ0v) is 18.6. The third-order valence-electron chi connectivity index (χ3n) is 5.68. The molecule has 1 N–H and O–H groups in total. The van der Waals surface area contributed by atoms with Crippen LogP contribution in [0.25, 0.3) is 5.76 Å². The molecule has 1 amide bonds. The maximum absolute atomic E-state index is 13.4. The standard InChI is InChI=1S/C23H21Cl2FN2O4/c24-17-6-3-15(13-18(17)25)20-19(21(29)14-1-4-16(26)5-2-14)22(30)23(31)28(20)8-7-27-9-11-32-12-10-27/h1-6,13,20,29H,7-12H2/b21-19+. The Morgan fingerprint density at radius 3 is 2.38 bits per heavy atom. The second kappa shape index (κ2) is 9.58. The normalized spacial score (nSPS) is 21.3. The SMILES string of the molecule is O=C1C(=O)N(CCN2CCOCC2)C(c2ccc(Cl)c(Cl)c2)/C1=C(\O)c1ccc(F)cc1. The summed E-state index contributed by atoms with van der Waals surface area (Å²) >= 11 is 12.3. The van der Waals surface area contributed by atoms with Crippen molar-refractivity contribution >= 4 is 40.7 Å². The van der Waals surface area contributed by atoms with Crippen molar-refractivity contribution in [3.8, 4) is 0 Å². The third kappa shape index (κ3) is 4.52. The molecule has 32 heavy (non-hydrogen) atoms. The number of morpholine rings is 1. The summed E-state index contributed by atoms with van der Waals surface area (Å²) in [5.74, 6) is -2.36. The Morgan fingerprint density at radius 2 is 1.72 bits per heavy atom. The van der Waals surface area contributed by atoms with Gasteiger partial charge >= 0.3 is 0 Å². The summed E-state index contributed by atoms with van der Waals surface area (Å²) in [4.78, 5) is 29.6. The largest absolute Gasteiger partial charge is 0.507 e. The fraction of sp³-hybridized carbons (Fsp3) is 0.304. The van der Waals surface area contributed by atoms with Gasteiger partial charge in [0.05, 0.1) is 34.9 Å². The molecule has 4 rings (SSSR count). The minimum atomic E-state index is -0.851. The first-order chi connectivity index (χ1) is 15.4. The Labute approximate surface area is 194 Å². The molecule has 2 fully saturated rings. The van der Waals surface area contributed by atoms with E-state index in [4.69, 9.17) is 27.9 Å². The van der Waals surface area contributed by atoms with E-state index in [1.807, 2.05) is 0 Å². The van der Waals surface area contributed by atoms with Gasteiger partial charge in [0.1, 0.15) is 11.6 Å². The van der Waals surface area contributed by atoms with Gasteiger partial charge in [0, 0.05) is 31.7 Å². The summed E-state index contributed by atoms with van der Waals surface area (Å²) < 4.78 is 18.7. The second-order valence-electron chi connectivity index (χ2n) is 7.63.